The molecular formula is C14H19ClN2O4S. The highest BCUT2D eigenvalue weighted by Crippen LogP contribution is 2.31. The van der Waals surface area contributed by atoms with Gasteiger partial charge in [0.15, 0.2) is 0 Å². The maximum atomic E-state index is 12.6. The molecule has 0 aromatic heterocycles. The molecule has 2 heterocycles. The first-order chi connectivity index (χ1) is 10.5. The van der Waals surface area contributed by atoms with Crippen molar-refractivity contribution in [1.29, 1.82) is 0 Å². The molecule has 1 aromatic rings. The summed E-state index contributed by atoms with van der Waals surface area (Å²) in [7, 11) is -2.11. The summed E-state index contributed by atoms with van der Waals surface area (Å²) in [5.41, 5.74) is 0. The van der Waals surface area contributed by atoms with E-state index in [4.69, 9.17) is 21.1 Å². The summed E-state index contributed by atoms with van der Waals surface area (Å²) in [5.74, 6) is 0.271. The Morgan fingerprint density at radius 3 is 2.77 bits per heavy atom. The SMILES string of the molecule is COc1cc(Cl)ccc1S(=O)(=O)N1CC(NC2CCOC2)C1. The van der Waals surface area contributed by atoms with Gasteiger partial charge in [-0.3, -0.25) is 0 Å². The Morgan fingerprint density at radius 1 is 1.36 bits per heavy atom. The number of sulfonamides is 1. The summed E-state index contributed by atoms with van der Waals surface area (Å²) in [5, 5.41) is 3.87. The molecule has 0 aliphatic carbocycles. The summed E-state index contributed by atoms with van der Waals surface area (Å²) < 4.78 is 37.2. The van der Waals surface area contributed by atoms with Gasteiger partial charge in [0.2, 0.25) is 10.0 Å². The van der Waals surface area contributed by atoms with Crippen molar-refractivity contribution in [3.8, 4) is 5.75 Å². The van der Waals surface area contributed by atoms with Crippen molar-refractivity contribution in [1.82, 2.24) is 9.62 Å². The Morgan fingerprint density at radius 2 is 2.14 bits per heavy atom. The quantitative estimate of drug-likeness (QED) is 0.864. The largest absolute Gasteiger partial charge is 0.495 e. The fourth-order valence-electron chi connectivity index (χ4n) is 2.73. The summed E-state index contributed by atoms with van der Waals surface area (Å²) in [6.07, 6.45) is 0.980. The summed E-state index contributed by atoms with van der Waals surface area (Å²) in [6, 6.07) is 5.07. The molecule has 6 nitrogen and oxygen atoms in total. The minimum absolute atomic E-state index is 0.155. The highest BCUT2D eigenvalue weighted by molar-refractivity contribution is 7.89. The molecule has 0 saturated carbocycles. The molecule has 122 valence electrons. The van der Waals surface area contributed by atoms with E-state index in [-0.39, 0.29) is 16.7 Å². The van der Waals surface area contributed by atoms with Gasteiger partial charge in [-0.25, -0.2) is 8.42 Å². The van der Waals surface area contributed by atoms with Crippen LogP contribution in [0.5, 0.6) is 5.75 Å². The number of nitrogens with zero attached hydrogens (tertiary/aromatic N) is 1. The van der Waals surface area contributed by atoms with Crippen LogP contribution < -0.4 is 10.1 Å². The Hall–Kier alpha value is -0.860. The average molecular weight is 347 g/mol. The second-order valence-electron chi connectivity index (χ2n) is 5.54. The van der Waals surface area contributed by atoms with Crippen LogP contribution in [0.25, 0.3) is 0 Å². The molecule has 8 heteroatoms. The fourth-order valence-corrected chi connectivity index (χ4v) is 4.56. The molecule has 0 amide bonds. The molecule has 2 aliphatic rings. The van der Waals surface area contributed by atoms with E-state index in [2.05, 4.69) is 5.32 Å². The van der Waals surface area contributed by atoms with Gasteiger partial charge in [-0.05, 0) is 18.6 Å². The summed E-state index contributed by atoms with van der Waals surface area (Å²) in [4.78, 5) is 0.155. The molecule has 2 aliphatic heterocycles. The fraction of sp³-hybridized carbons (Fsp3) is 0.571. The number of benzene rings is 1. The highest BCUT2D eigenvalue weighted by atomic mass is 35.5. The Balaban J connectivity index is 1.67. The molecule has 0 radical (unpaired) electrons. The molecule has 0 spiro atoms. The Kier molecular flexibility index (Phi) is 4.61. The van der Waals surface area contributed by atoms with E-state index in [1.807, 2.05) is 0 Å². The Bertz CT molecular complexity index is 640. The van der Waals surface area contributed by atoms with Crippen LogP contribution in [0.15, 0.2) is 23.1 Å². The average Bonchev–Trinajstić information content (AvgIpc) is 2.94. The number of ether oxygens (including phenoxy) is 2. The van der Waals surface area contributed by atoms with Gasteiger partial charge in [-0.15, -0.1) is 0 Å². The zero-order valence-corrected chi connectivity index (χ0v) is 13.9. The molecule has 2 fully saturated rings. The van der Waals surface area contributed by atoms with Crippen LogP contribution in [0.2, 0.25) is 5.02 Å². The van der Waals surface area contributed by atoms with Crippen molar-refractivity contribution in [2.24, 2.45) is 0 Å². The molecule has 2 saturated heterocycles. The number of nitrogens with one attached hydrogen (secondary N) is 1. The van der Waals surface area contributed by atoms with Crippen LogP contribution in [0.4, 0.5) is 0 Å². The van der Waals surface area contributed by atoms with Crippen LogP contribution in [0.3, 0.4) is 0 Å². The maximum Gasteiger partial charge on any atom is 0.246 e. The topological polar surface area (TPSA) is 67.9 Å². The van der Waals surface area contributed by atoms with Crippen LogP contribution >= 0.6 is 11.6 Å². The van der Waals surface area contributed by atoms with Crippen molar-refractivity contribution < 1.29 is 17.9 Å². The molecule has 0 bridgehead atoms. The second-order valence-corrected chi connectivity index (χ2v) is 7.88. The maximum absolute atomic E-state index is 12.6. The van der Waals surface area contributed by atoms with E-state index in [0.29, 0.717) is 30.8 Å². The minimum atomic E-state index is -3.55. The van der Waals surface area contributed by atoms with Crippen LogP contribution in [0.1, 0.15) is 6.42 Å². The zero-order chi connectivity index (χ0) is 15.7. The molecule has 1 atom stereocenters. The van der Waals surface area contributed by atoms with Gasteiger partial charge >= 0.3 is 0 Å². The monoisotopic (exact) mass is 346 g/mol. The van der Waals surface area contributed by atoms with E-state index in [9.17, 15) is 8.42 Å². The number of rotatable bonds is 5. The van der Waals surface area contributed by atoms with Gasteiger partial charge in [0.1, 0.15) is 10.6 Å². The van der Waals surface area contributed by atoms with E-state index in [1.54, 1.807) is 6.07 Å². The lowest BCUT2D eigenvalue weighted by molar-refractivity contribution is 0.172. The minimum Gasteiger partial charge on any atom is -0.495 e. The lowest BCUT2D eigenvalue weighted by Gasteiger charge is -2.39. The predicted molar refractivity (Wildman–Crippen MR) is 82.9 cm³/mol. The highest BCUT2D eigenvalue weighted by Gasteiger charge is 2.39. The first-order valence-corrected chi connectivity index (χ1v) is 9.00. The second kappa shape index (κ2) is 6.33. The van der Waals surface area contributed by atoms with Crippen molar-refractivity contribution in [3.05, 3.63) is 23.2 Å². The first kappa shape index (κ1) is 16.0. The lowest BCUT2D eigenvalue weighted by atomic mass is 10.1. The third kappa shape index (κ3) is 3.09. The number of methoxy groups -OCH3 is 1. The summed E-state index contributed by atoms with van der Waals surface area (Å²) in [6.45, 7) is 2.40. The van der Waals surface area contributed by atoms with Crippen molar-refractivity contribution in [2.45, 2.75) is 23.4 Å². The zero-order valence-electron chi connectivity index (χ0n) is 12.3. The van der Waals surface area contributed by atoms with Crippen LogP contribution in [-0.4, -0.2) is 58.2 Å². The molecule has 1 unspecified atom stereocenters. The number of halogens is 1. The van der Waals surface area contributed by atoms with Crippen molar-refractivity contribution in [3.63, 3.8) is 0 Å². The van der Waals surface area contributed by atoms with Gasteiger partial charge in [-0.2, -0.15) is 4.31 Å². The van der Waals surface area contributed by atoms with Gasteiger partial charge in [-0.1, -0.05) is 11.6 Å². The summed E-state index contributed by atoms with van der Waals surface area (Å²) >= 11 is 5.88. The van der Waals surface area contributed by atoms with E-state index in [0.717, 1.165) is 13.0 Å². The molecule has 1 aromatic carbocycles. The van der Waals surface area contributed by atoms with Crippen LogP contribution in [-0.2, 0) is 14.8 Å². The van der Waals surface area contributed by atoms with Gasteiger partial charge in [0.05, 0.1) is 13.7 Å². The molecule has 22 heavy (non-hydrogen) atoms. The first-order valence-electron chi connectivity index (χ1n) is 7.18. The molecule has 1 N–H and O–H groups in total. The van der Waals surface area contributed by atoms with Crippen molar-refractivity contribution >= 4 is 21.6 Å². The van der Waals surface area contributed by atoms with E-state index >= 15 is 0 Å². The molecular weight excluding hydrogens is 328 g/mol. The van der Waals surface area contributed by atoms with Gasteiger partial charge in [0.25, 0.3) is 0 Å². The molecule has 3 rings (SSSR count). The van der Waals surface area contributed by atoms with Gasteiger partial charge < -0.3 is 14.8 Å². The van der Waals surface area contributed by atoms with E-state index in [1.165, 1.54) is 23.5 Å². The van der Waals surface area contributed by atoms with E-state index < -0.39 is 10.0 Å². The van der Waals surface area contributed by atoms with Gasteiger partial charge in [0, 0.05) is 42.9 Å². The van der Waals surface area contributed by atoms with Crippen molar-refractivity contribution in [2.75, 3.05) is 33.4 Å². The third-order valence-electron chi connectivity index (χ3n) is 3.99. The van der Waals surface area contributed by atoms with Crippen LogP contribution in [0, 0.1) is 0 Å². The normalized spacial score (nSPS) is 23.5. The lowest BCUT2D eigenvalue weighted by Crippen LogP contribution is -2.61. The number of hydrogen-bond acceptors (Lipinski definition) is 5. The predicted octanol–water partition coefficient (Wildman–Crippen LogP) is 1.10. The third-order valence-corrected chi connectivity index (χ3v) is 6.10. The number of hydrogen-bond donors (Lipinski definition) is 1. The standard InChI is InChI=1S/C14H19ClN2O4S/c1-20-13-6-10(15)2-3-14(13)22(18,19)17-7-12(8-17)16-11-4-5-21-9-11/h2-3,6,11-12,16H,4-5,7-9H2,1H3. The Labute approximate surface area is 135 Å². The smallest absolute Gasteiger partial charge is 0.246 e.